The van der Waals surface area contributed by atoms with Crippen molar-refractivity contribution in [1.82, 2.24) is 9.78 Å². The summed E-state index contributed by atoms with van der Waals surface area (Å²) in [5, 5.41) is 14.2. The Kier molecular flexibility index (Phi) is 4.94. The Hall–Kier alpha value is -3.41. The molecular weight excluding hydrogens is 378 g/mol. The van der Waals surface area contributed by atoms with Crippen LogP contribution in [0.15, 0.2) is 54.7 Å². The van der Waals surface area contributed by atoms with E-state index < -0.39 is 11.4 Å². The van der Waals surface area contributed by atoms with Gasteiger partial charge in [-0.15, -0.1) is 0 Å². The quantitative estimate of drug-likeness (QED) is 0.712. The second-order valence-electron chi connectivity index (χ2n) is 8.28. The molecule has 0 radical (unpaired) electrons. The molecule has 0 fully saturated rings. The van der Waals surface area contributed by atoms with Gasteiger partial charge < -0.3 is 10.0 Å². The maximum Gasteiger partial charge on any atom is 0.309 e. The second kappa shape index (κ2) is 7.44. The van der Waals surface area contributed by atoms with E-state index in [1.54, 1.807) is 16.5 Å². The highest BCUT2D eigenvalue weighted by Gasteiger charge is 2.38. The Morgan fingerprint density at radius 3 is 2.53 bits per heavy atom. The van der Waals surface area contributed by atoms with Gasteiger partial charge in [-0.2, -0.15) is 5.10 Å². The van der Waals surface area contributed by atoms with E-state index >= 15 is 0 Å². The van der Waals surface area contributed by atoms with Crippen LogP contribution in [0.1, 0.15) is 40.5 Å². The summed E-state index contributed by atoms with van der Waals surface area (Å²) in [4.78, 5) is 27.2. The maximum absolute atomic E-state index is 13.5. The number of rotatable bonds is 3. The molecule has 2 aromatic carbocycles. The lowest BCUT2D eigenvalue weighted by molar-refractivity contribution is -0.148. The van der Waals surface area contributed by atoms with Crippen LogP contribution in [0.4, 0.5) is 5.69 Å². The van der Waals surface area contributed by atoms with Crippen LogP contribution in [-0.2, 0) is 11.2 Å². The summed E-state index contributed by atoms with van der Waals surface area (Å²) in [6.45, 7) is 5.96. The zero-order valence-electron chi connectivity index (χ0n) is 17.4. The lowest BCUT2D eigenvalue weighted by Gasteiger charge is -2.25. The van der Waals surface area contributed by atoms with Gasteiger partial charge in [0.15, 0.2) is 0 Å². The molecule has 1 aliphatic heterocycles. The molecule has 2 heterocycles. The third-order valence-corrected chi connectivity index (χ3v) is 5.94. The fourth-order valence-electron chi connectivity index (χ4n) is 4.04. The van der Waals surface area contributed by atoms with Crippen LogP contribution in [0.3, 0.4) is 0 Å². The number of carbonyl (C=O) groups excluding carboxylic acids is 1. The van der Waals surface area contributed by atoms with Gasteiger partial charge in [-0.3, -0.25) is 9.59 Å². The minimum Gasteiger partial charge on any atom is -0.481 e. The van der Waals surface area contributed by atoms with Crippen molar-refractivity contribution in [3.05, 3.63) is 77.1 Å². The van der Waals surface area contributed by atoms with Crippen LogP contribution < -0.4 is 4.90 Å². The summed E-state index contributed by atoms with van der Waals surface area (Å²) in [7, 11) is 0. The third-order valence-electron chi connectivity index (χ3n) is 5.94. The Labute approximate surface area is 175 Å². The van der Waals surface area contributed by atoms with E-state index in [4.69, 9.17) is 0 Å². The fourth-order valence-corrected chi connectivity index (χ4v) is 4.04. The van der Waals surface area contributed by atoms with E-state index in [1.165, 1.54) is 0 Å². The largest absolute Gasteiger partial charge is 0.481 e. The van der Waals surface area contributed by atoms with E-state index in [1.807, 2.05) is 68.6 Å². The smallest absolute Gasteiger partial charge is 0.309 e. The van der Waals surface area contributed by atoms with E-state index in [-0.39, 0.29) is 5.91 Å². The number of aryl methyl sites for hydroxylation is 2. The molecule has 0 saturated heterocycles. The molecule has 1 N–H and O–H groups in total. The SMILES string of the molecule is Cc1ccn(-c2ccc(C(=O)N3CC[C@@](C)(C(=O)O)Cc4ccccc43)c(C)c2)n1. The van der Waals surface area contributed by atoms with Gasteiger partial charge in [0, 0.05) is 24.0 Å². The average molecular weight is 403 g/mol. The predicted molar refractivity (Wildman–Crippen MR) is 115 cm³/mol. The molecule has 3 aromatic rings. The van der Waals surface area contributed by atoms with Crippen molar-refractivity contribution in [1.29, 1.82) is 0 Å². The highest BCUT2D eigenvalue weighted by Crippen LogP contribution is 2.37. The highest BCUT2D eigenvalue weighted by atomic mass is 16.4. The van der Waals surface area contributed by atoms with Crippen molar-refractivity contribution in [2.24, 2.45) is 5.41 Å². The number of amides is 1. The van der Waals surface area contributed by atoms with Crippen molar-refractivity contribution < 1.29 is 14.7 Å². The summed E-state index contributed by atoms with van der Waals surface area (Å²) in [5.41, 5.74) is 4.06. The number of carboxylic acid groups (broad SMARTS) is 1. The maximum atomic E-state index is 13.5. The Morgan fingerprint density at radius 2 is 1.87 bits per heavy atom. The summed E-state index contributed by atoms with van der Waals surface area (Å²) in [5.74, 6) is -0.945. The first kappa shape index (κ1) is 19.9. The summed E-state index contributed by atoms with van der Waals surface area (Å²) < 4.78 is 1.79. The molecular formula is C24H25N3O3. The van der Waals surface area contributed by atoms with Crippen molar-refractivity contribution in [2.75, 3.05) is 11.4 Å². The molecule has 1 aromatic heterocycles. The Morgan fingerprint density at radius 1 is 1.10 bits per heavy atom. The van der Waals surface area contributed by atoms with Gasteiger partial charge in [-0.05, 0) is 75.1 Å². The first-order valence-electron chi connectivity index (χ1n) is 10.0. The molecule has 1 atom stereocenters. The highest BCUT2D eigenvalue weighted by molar-refractivity contribution is 6.07. The summed E-state index contributed by atoms with van der Waals surface area (Å²) in [6.07, 6.45) is 2.69. The van der Waals surface area contributed by atoms with Crippen molar-refractivity contribution in [3.8, 4) is 5.69 Å². The Balaban J connectivity index is 1.70. The minimum atomic E-state index is -0.901. The number of carboxylic acids is 1. The lowest BCUT2D eigenvalue weighted by atomic mass is 9.81. The van der Waals surface area contributed by atoms with E-state index in [0.29, 0.717) is 24.9 Å². The zero-order valence-corrected chi connectivity index (χ0v) is 17.4. The van der Waals surface area contributed by atoms with Gasteiger partial charge >= 0.3 is 5.97 Å². The number of aliphatic carboxylic acids is 1. The number of carbonyl (C=O) groups is 2. The number of fused-ring (bicyclic) bond motifs is 1. The first-order chi connectivity index (χ1) is 14.3. The number of hydrogen-bond donors (Lipinski definition) is 1. The lowest BCUT2D eigenvalue weighted by Crippen LogP contribution is -2.35. The fraction of sp³-hybridized carbons (Fsp3) is 0.292. The van der Waals surface area contributed by atoms with Gasteiger partial charge in [-0.1, -0.05) is 18.2 Å². The van der Waals surface area contributed by atoms with Crippen molar-refractivity contribution >= 4 is 17.6 Å². The molecule has 0 saturated carbocycles. The molecule has 154 valence electrons. The van der Waals surface area contributed by atoms with Gasteiger partial charge in [-0.25, -0.2) is 4.68 Å². The summed E-state index contributed by atoms with van der Waals surface area (Å²) in [6, 6.07) is 15.2. The minimum absolute atomic E-state index is 0.113. The zero-order chi connectivity index (χ0) is 21.5. The average Bonchev–Trinajstić information content (AvgIpc) is 3.08. The molecule has 6 heteroatoms. The monoisotopic (exact) mass is 403 g/mol. The third kappa shape index (κ3) is 3.49. The standard InChI is InChI=1S/C24H25N3O3/c1-16-14-19(27-12-10-17(2)25-27)8-9-20(16)22(28)26-13-11-24(3,23(29)30)15-18-6-4-5-7-21(18)26/h4-10,12,14H,11,13,15H2,1-3H3,(H,29,30)/t24-/m1/s1. The second-order valence-corrected chi connectivity index (χ2v) is 8.28. The molecule has 0 bridgehead atoms. The molecule has 1 aliphatic rings. The molecule has 6 nitrogen and oxygen atoms in total. The van der Waals surface area contributed by atoms with Gasteiger partial charge in [0.1, 0.15) is 0 Å². The van der Waals surface area contributed by atoms with Crippen LogP contribution >= 0.6 is 0 Å². The topological polar surface area (TPSA) is 75.4 Å². The van der Waals surface area contributed by atoms with Crippen LogP contribution in [-0.4, -0.2) is 33.3 Å². The van der Waals surface area contributed by atoms with Crippen LogP contribution in [0.5, 0.6) is 0 Å². The molecule has 1 amide bonds. The van der Waals surface area contributed by atoms with Crippen molar-refractivity contribution in [3.63, 3.8) is 0 Å². The number of nitrogens with zero attached hydrogens (tertiary/aromatic N) is 3. The normalized spacial score (nSPS) is 18.6. The Bertz CT molecular complexity index is 1130. The number of benzene rings is 2. The van der Waals surface area contributed by atoms with E-state index in [9.17, 15) is 14.7 Å². The summed E-state index contributed by atoms with van der Waals surface area (Å²) >= 11 is 0. The van der Waals surface area contributed by atoms with E-state index in [0.717, 1.165) is 28.2 Å². The molecule has 30 heavy (non-hydrogen) atoms. The number of para-hydroxylation sites is 1. The molecule has 0 aliphatic carbocycles. The number of anilines is 1. The van der Waals surface area contributed by atoms with Crippen LogP contribution in [0.25, 0.3) is 5.69 Å². The molecule has 0 spiro atoms. The number of aromatic nitrogens is 2. The van der Waals surface area contributed by atoms with E-state index in [2.05, 4.69) is 5.10 Å². The van der Waals surface area contributed by atoms with Gasteiger partial charge in [0.25, 0.3) is 5.91 Å². The van der Waals surface area contributed by atoms with Crippen LogP contribution in [0, 0.1) is 19.3 Å². The van der Waals surface area contributed by atoms with Gasteiger partial charge in [0.2, 0.25) is 0 Å². The number of hydrogen-bond acceptors (Lipinski definition) is 3. The first-order valence-corrected chi connectivity index (χ1v) is 10.0. The van der Waals surface area contributed by atoms with Crippen LogP contribution in [0.2, 0.25) is 0 Å². The predicted octanol–water partition coefficient (Wildman–Crippen LogP) is 4.17. The molecule has 4 rings (SSSR count). The molecule has 0 unspecified atom stereocenters. The van der Waals surface area contributed by atoms with Crippen molar-refractivity contribution in [2.45, 2.75) is 33.6 Å². The van der Waals surface area contributed by atoms with Gasteiger partial charge in [0.05, 0.1) is 16.8 Å².